The van der Waals surface area contributed by atoms with Crippen LogP contribution >= 0.6 is 0 Å². The van der Waals surface area contributed by atoms with Crippen LogP contribution in [0.2, 0.25) is 0 Å². The largest absolute Gasteiger partial charge is 0.478 e. The lowest BCUT2D eigenvalue weighted by Crippen LogP contribution is -2.75. The standard InChI is InChI=1S/C24H22F3N3O3.C16H11F3N2O2.C8H13NO2.CH4/c1-33-19(31)10-22-12-23(13-22,14-22)29-21(32)18-11-28-30-8-2-3-16(20(18)30)9-15-4-6-17(7-5-15)24(25,26)27;17-16(18,19)12-5-3-10(4-6-12)8-11-2-1-7-21-14(11)13(9-20-21)15(22)23;1-11-6(10)2-7-3-8(9,4-7)5-7;/h2-8,11H,9-10,12-14H2,1H3,(H,29,32);1-7,9H,8H2,(H,22,23);2-5,9H2,1H3;1H4. The van der Waals surface area contributed by atoms with Gasteiger partial charge in [-0.15, -0.1) is 0 Å². The summed E-state index contributed by atoms with van der Waals surface area (Å²) in [4.78, 5) is 46.8. The van der Waals surface area contributed by atoms with Crippen molar-refractivity contribution < 1.29 is 60.1 Å². The van der Waals surface area contributed by atoms with Gasteiger partial charge in [-0.3, -0.25) is 14.4 Å². The number of nitrogens with zero attached hydrogens (tertiary/aromatic N) is 4. The third-order valence-electron chi connectivity index (χ3n) is 13.3. The van der Waals surface area contributed by atoms with Crippen molar-refractivity contribution in [2.75, 3.05) is 14.2 Å². The Hall–Kier alpha value is -6.76. The van der Waals surface area contributed by atoms with Crippen LogP contribution in [0.25, 0.3) is 11.0 Å². The molecule has 0 aliphatic heterocycles. The van der Waals surface area contributed by atoms with Crippen molar-refractivity contribution in [3.8, 4) is 0 Å². The highest BCUT2D eigenvalue weighted by Crippen LogP contribution is 2.69. The number of rotatable bonds is 11. The van der Waals surface area contributed by atoms with Crippen molar-refractivity contribution in [2.45, 2.75) is 95.1 Å². The van der Waals surface area contributed by atoms with Crippen molar-refractivity contribution in [1.29, 1.82) is 0 Å². The van der Waals surface area contributed by atoms with Crippen molar-refractivity contribution in [2.24, 2.45) is 16.6 Å². The molecule has 4 bridgehead atoms. The molecule has 19 heteroatoms. The molecular formula is C49H50F6N6O7. The first kappa shape index (κ1) is 49.2. The van der Waals surface area contributed by atoms with Gasteiger partial charge in [0.15, 0.2) is 0 Å². The van der Waals surface area contributed by atoms with Gasteiger partial charge < -0.3 is 25.6 Å². The zero-order valence-electron chi connectivity index (χ0n) is 36.3. The van der Waals surface area contributed by atoms with E-state index in [9.17, 15) is 50.6 Å². The highest BCUT2D eigenvalue weighted by atomic mass is 19.4. The molecule has 1 amide bonds. The molecule has 12 rings (SSSR count). The number of carboxylic acids is 1. The number of nitrogens with one attached hydrogen (secondary N) is 1. The number of carboxylic acid groups (broad SMARTS) is 1. The van der Waals surface area contributed by atoms with E-state index in [1.807, 2.05) is 6.07 Å². The van der Waals surface area contributed by atoms with Gasteiger partial charge in [0.25, 0.3) is 5.91 Å². The van der Waals surface area contributed by atoms with Gasteiger partial charge in [-0.1, -0.05) is 43.8 Å². The van der Waals surface area contributed by atoms with Crippen LogP contribution in [0.15, 0.2) is 97.6 Å². The number of nitrogens with two attached hydrogens (primary N) is 1. The second-order valence-electron chi connectivity index (χ2n) is 18.5. The molecule has 4 heterocycles. The average molecular weight is 949 g/mol. The zero-order valence-corrected chi connectivity index (χ0v) is 36.3. The number of esters is 2. The summed E-state index contributed by atoms with van der Waals surface area (Å²) in [5, 5.41) is 20.6. The third-order valence-corrected chi connectivity index (χ3v) is 13.3. The number of hydrogen-bond acceptors (Lipinski definition) is 9. The Morgan fingerprint density at radius 1 is 0.662 bits per heavy atom. The maximum absolute atomic E-state index is 13.1. The lowest BCUT2D eigenvalue weighted by Gasteiger charge is -2.70. The highest BCUT2D eigenvalue weighted by molar-refractivity contribution is 6.02. The number of aromatic nitrogens is 4. The Morgan fingerprint density at radius 2 is 1.06 bits per heavy atom. The number of aromatic carboxylic acids is 1. The van der Waals surface area contributed by atoms with Crippen molar-refractivity contribution in [3.63, 3.8) is 0 Å². The molecule has 6 aromatic rings. The molecule has 4 aromatic heterocycles. The summed E-state index contributed by atoms with van der Waals surface area (Å²) in [6.07, 6.45) is 4.30. The summed E-state index contributed by atoms with van der Waals surface area (Å²) >= 11 is 0. The van der Waals surface area contributed by atoms with Crippen LogP contribution in [-0.4, -0.2) is 73.4 Å². The van der Waals surface area contributed by atoms with Crippen LogP contribution in [0.1, 0.15) is 113 Å². The van der Waals surface area contributed by atoms with E-state index in [1.54, 1.807) is 35.1 Å². The fraction of sp³-hybridized carbons (Fsp3) is 0.388. The van der Waals surface area contributed by atoms with Crippen molar-refractivity contribution in [1.82, 2.24) is 24.5 Å². The van der Waals surface area contributed by atoms with Gasteiger partial charge in [0.1, 0.15) is 5.56 Å². The van der Waals surface area contributed by atoms with E-state index in [2.05, 4.69) is 20.3 Å². The summed E-state index contributed by atoms with van der Waals surface area (Å²) in [5.74, 6) is -1.66. The molecule has 68 heavy (non-hydrogen) atoms. The summed E-state index contributed by atoms with van der Waals surface area (Å²) in [5.41, 5.74) is 8.82. The number of amides is 1. The van der Waals surface area contributed by atoms with Crippen LogP contribution in [0.3, 0.4) is 0 Å². The predicted molar refractivity (Wildman–Crippen MR) is 236 cm³/mol. The summed E-state index contributed by atoms with van der Waals surface area (Å²) in [7, 11) is 2.81. The van der Waals surface area contributed by atoms with Crippen LogP contribution in [0, 0.1) is 10.8 Å². The highest BCUT2D eigenvalue weighted by Gasteiger charge is 2.69. The maximum atomic E-state index is 13.1. The number of fused-ring (bicyclic) bond motifs is 2. The molecule has 0 saturated heterocycles. The van der Waals surface area contributed by atoms with Gasteiger partial charge in [0.05, 0.1) is 67.2 Å². The molecule has 6 aliphatic rings. The Bertz CT molecular complexity index is 2830. The molecule has 13 nitrogen and oxygen atoms in total. The predicted octanol–water partition coefficient (Wildman–Crippen LogP) is 8.87. The van der Waals surface area contributed by atoms with Gasteiger partial charge in [0, 0.05) is 23.5 Å². The van der Waals surface area contributed by atoms with Crippen LogP contribution in [0.5, 0.6) is 0 Å². The first-order chi connectivity index (χ1) is 31.6. The number of ether oxygens (including phenoxy) is 2. The average Bonchev–Trinajstić information content (AvgIpc) is 3.88. The zero-order chi connectivity index (χ0) is 48.2. The first-order valence-electron chi connectivity index (χ1n) is 21.3. The number of halogens is 6. The van der Waals surface area contributed by atoms with E-state index in [0.29, 0.717) is 59.0 Å². The van der Waals surface area contributed by atoms with Crippen LogP contribution in [0.4, 0.5) is 26.3 Å². The summed E-state index contributed by atoms with van der Waals surface area (Å²) in [6, 6.07) is 16.9. The van der Waals surface area contributed by atoms with Gasteiger partial charge in [-0.2, -0.15) is 36.5 Å². The topological polar surface area (TPSA) is 180 Å². The Kier molecular flexibility index (Phi) is 13.0. The molecule has 4 N–H and O–H groups in total. The van der Waals surface area contributed by atoms with Gasteiger partial charge in [-0.25, -0.2) is 13.8 Å². The van der Waals surface area contributed by atoms with E-state index < -0.39 is 29.4 Å². The number of carbonyl (C=O) groups is 4. The number of benzene rings is 2. The number of hydrogen-bond donors (Lipinski definition) is 3. The summed E-state index contributed by atoms with van der Waals surface area (Å²) in [6.45, 7) is 0. The number of carbonyl (C=O) groups excluding carboxylic acids is 3. The molecule has 6 saturated carbocycles. The Labute approximate surface area is 386 Å². The lowest BCUT2D eigenvalue weighted by atomic mass is 9.38. The second kappa shape index (κ2) is 18.0. The molecule has 0 atom stereocenters. The third kappa shape index (κ3) is 9.93. The summed E-state index contributed by atoms with van der Waals surface area (Å²) < 4.78 is 88.7. The minimum atomic E-state index is -4.38. The number of methoxy groups -OCH3 is 2. The van der Waals surface area contributed by atoms with Crippen molar-refractivity contribution >= 4 is 34.8 Å². The van der Waals surface area contributed by atoms with Crippen LogP contribution in [-0.2, 0) is 44.3 Å². The minimum absolute atomic E-state index is 0. The fourth-order valence-electron chi connectivity index (χ4n) is 10.6. The van der Waals surface area contributed by atoms with Crippen LogP contribution < -0.4 is 11.1 Å². The van der Waals surface area contributed by atoms with E-state index in [4.69, 9.17) is 10.5 Å². The number of alkyl halides is 6. The van der Waals surface area contributed by atoms with Gasteiger partial charge in [0.2, 0.25) is 0 Å². The molecule has 360 valence electrons. The van der Waals surface area contributed by atoms with E-state index in [-0.39, 0.29) is 52.7 Å². The molecule has 6 aliphatic carbocycles. The molecule has 0 unspecified atom stereocenters. The van der Waals surface area contributed by atoms with Crippen molar-refractivity contribution in [3.05, 3.63) is 142 Å². The van der Waals surface area contributed by atoms with Gasteiger partial charge >= 0.3 is 30.3 Å². The fourth-order valence-corrected chi connectivity index (χ4v) is 10.6. The molecule has 0 radical (unpaired) electrons. The molecular weight excluding hydrogens is 899 g/mol. The smallest absolute Gasteiger partial charge is 0.416 e. The normalized spacial score (nSPS) is 22.8. The Morgan fingerprint density at radius 3 is 1.44 bits per heavy atom. The first-order valence-corrected chi connectivity index (χ1v) is 21.3. The van der Waals surface area contributed by atoms with E-state index in [0.717, 1.165) is 68.4 Å². The quantitative estimate of drug-likeness (QED) is 0.0839. The van der Waals surface area contributed by atoms with E-state index >= 15 is 0 Å². The molecule has 0 spiro atoms. The van der Waals surface area contributed by atoms with E-state index in [1.165, 1.54) is 55.4 Å². The Balaban J connectivity index is 0.000000169. The van der Waals surface area contributed by atoms with Gasteiger partial charge in [-0.05, 0) is 121 Å². The SMILES string of the molecule is C.COC(=O)CC12CC(N)(C1)C2.COC(=O)CC12CC(NC(=O)c3cnn4cccc(Cc5ccc(C(F)(F)F)cc5)c34)(C1)C2.O=C(O)c1cnn2cccc(Cc3ccc(C(F)(F)F)cc3)c12. The second-order valence-corrected chi connectivity index (χ2v) is 18.5. The lowest BCUT2D eigenvalue weighted by molar-refractivity contribution is -0.175. The molecule has 2 aromatic carbocycles. The molecule has 6 fully saturated rings. The monoisotopic (exact) mass is 948 g/mol. The minimum Gasteiger partial charge on any atom is -0.478 e. The number of pyridine rings is 2. The maximum Gasteiger partial charge on any atom is 0.416 e.